The number of benzene rings is 2. The summed E-state index contributed by atoms with van der Waals surface area (Å²) in [6, 6.07) is 17.5. The lowest BCUT2D eigenvalue weighted by Gasteiger charge is -2.22. The van der Waals surface area contributed by atoms with Crippen LogP contribution in [0.15, 0.2) is 59.1 Å². The highest BCUT2D eigenvalue weighted by Gasteiger charge is 2.09. The van der Waals surface area contributed by atoms with Gasteiger partial charge >= 0.3 is 12.0 Å². The van der Waals surface area contributed by atoms with Crippen LogP contribution < -0.4 is 10.6 Å². The van der Waals surface area contributed by atoms with Crippen LogP contribution in [0, 0.1) is 0 Å². The van der Waals surface area contributed by atoms with Crippen LogP contribution in [0.2, 0.25) is 0 Å². The van der Waals surface area contributed by atoms with Gasteiger partial charge in [-0.25, -0.2) is 4.79 Å². The molecule has 2 aromatic rings. The van der Waals surface area contributed by atoms with Crippen molar-refractivity contribution in [2.75, 3.05) is 32.1 Å². The molecule has 2 aromatic carbocycles. The Morgan fingerprint density at radius 2 is 1.69 bits per heavy atom. The van der Waals surface area contributed by atoms with Crippen LogP contribution >= 0.6 is 15.9 Å². The van der Waals surface area contributed by atoms with Crippen molar-refractivity contribution < 1.29 is 14.3 Å². The number of esters is 1. The molecule has 0 heterocycles. The number of hydrogen-bond acceptors (Lipinski definition) is 4. The molecule has 0 aliphatic heterocycles. The van der Waals surface area contributed by atoms with E-state index in [4.69, 9.17) is 4.74 Å². The summed E-state index contributed by atoms with van der Waals surface area (Å²) in [5, 5.41) is 5.70. The van der Waals surface area contributed by atoms with Crippen molar-refractivity contribution >= 4 is 33.6 Å². The molecule has 2 rings (SSSR count). The van der Waals surface area contributed by atoms with Crippen molar-refractivity contribution in [1.29, 1.82) is 0 Å². The van der Waals surface area contributed by atoms with Gasteiger partial charge in [-0.3, -0.25) is 9.69 Å². The second kappa shape index (κ2) is 13.0. The van der Waals surface area contributed by atoms with Gasteiger partial charge in [-0.15, -0.1) is 0 Å². The number of nitrogens with zero attached hydrogens (tertiary/aromatic N) is 1. The molecule has 29 heavy (non-hydrogen) atoms. The molecule has 0 saturated carbocycles. The van der Waals surface area contributed by atoms with Crippen LogP contribution in [0.1, 0.15) is 24.8 Å². The third-order valence-electron chi connectivity index (χ3n) is 4.37. The Bertz CT molecular complexity index is 754. The smallest absolute Gasteiger partial charge is 0.319 e. The number of carbonyl (C=O) groups is 2. The number of amides is 2. The molecule has 0 bridgehead atoms. The SMILES string of the molecule is COC(=O)CCCN(CCCNC(=O)Nc1ccc(Br)cc1)Cc1ccccc1. The summed E-state index contributed by atoms with van der Waals surface area (Å²) in [6.45, 7) is 3.02. The van der Waals surface area contributed by atoms with Gasteiger partial charge in [-0.05, 0) is 49.2 Å². The van der Waals surface area contributed by atoms with Gasteiger partial charge in [0.05, 0.1) is 7.11 Å². The molecule has 2 N–H and O–H groups in total. The lowest BCUT2D eigenvalue weighted by molar-refractivity contribution is -0.140. The molecule has 0 aliphatic carbocycles. The first-order valence-electron chi connectivity index (χ1n) is 9.70. The summed E-state index contributed by atoms with van der Waals surface area (Å²) in [7, 11) is 1.41. The number of anilines is 1. The summed E-state index contributed by atoms with van der Waals surface area (Å²) < 4.78 is 5.68. The molecule has 0 atom stereocenters. The molecule has 7 heteroatoms. The first-order valence-corrected chi connectivity index (χ1v) is 10.5. The Balaban J connectivity index is 1.74. The first kappa shape index (κ1) is 22.9. The Labute approximate surface area is 180 Å². The van der Waals surface area contributed by atoms with Crippen molar-refractivity contribution in [3.8, 4) is 0 Å². The predicted octanol–water partition coefficient (Wildman–Crippen LogP) is 4.42. The molecule has 0 aromatic heterocycles. The van der Waals surface area contributed by atoms with E-state index in [9.17, 15) is 9.59 Å². The number of hydrogen-bond donors (Lipinski definition) is 2. The first-order chi connectivity index (χ1) is 14.1. The number of rotatable bonds is 11. The second-order valence-corrected chi connectivity index (χ2v) is 7.60. The Morgan fingerprint density at radius 3 is 2.38 bits per heavy atom. The second-order valence-electron chi connectivity index (χ2n) is 6.68. The minimum Gasteiger partial charge on any atom is -0.469 e. The zero-order valence-corrected chi connectivity index (χ0v) is 18.3. The van der Waals surface area contributed by atoms with Crippen LogP contribution in [0.5, 0.6) is 0 Å². The highest BCUT2D eigenvalue weighted by atomic mass is 79.9. The maximum Gasteiger partial charge on any atom is 0.319 e. The van der Waals surface area contributed by atoms with Crippen LogP contribution in [0.3, 0.4) is 0 Å². The van der Waals surface area contributed by atoms with Crippen LogP contribution in [-0.2, 0) is 16.1 Å². The van der Waals surface area contributed by atoms with E-state index < -0.39 is 0 Å². The molecule has 0 fully saturated rings. The monoisotopic (exact) mass is 461 g/mol. The Kier molecular flexibility index (Phi) is 10.2. The molecule has 0 spiro atoms. The van der Waals surface area contributed by atoms with Gasteiger partial charge in [-0.1, -0.05) is 46.3 Å². The topological polar surface area (TPSA) is 70.7 Å². The quantitative estimate of drug-likeness (QED) is 0.383. The number of methoxy groups -OCH3 is 1. The van der Waals surface area contributed by atoms with Crippen LogP contribution in [-0.4, -0.2) is 43.6 Å². The Morgan fingerprint density at radius 1 is 1.00 bits per heavy atom. The van der Waals surface area contributed by atoms with Crippen molar-refractivity contribution in [3.63, 3.8) is 0 Å². The fourth-order valence-electron chi connectivity index (χ4n) is 2.87. The van der Waals surface area contributed by atoms with E-state index in [0.29, 0.717) is 13.0 Å². The summed E-state index contributed by atoms with van der Waals surface area (Å²) in [4.78, 5) is 25.7. The predicted molar refractivity (Wildman–Crippen MR) is 119 cm³/mol. The van der Waals surface area contributed by atoms with E-state index in [1.807, 2.05) is 42.5 Å². The summed E-state index contributed by atoms with van der Waals surface area (Å²) >= 11 is 3.37. The number of ether oxygens (including phenoxy) is 1. The molecule has 2 amide bonds. The van der Waals surface area contributed by atoms with E-state index in [1.54, 1.807) is 0 Å². The highest BCUT2D eigenvalue weighted by molar-refractivity contribution is 9.10. The van der Waals surface area contributed by atoms with Gasteiger partial charge in [0, 0.05) is 36.2 Å². The van der Waals surface area contributed by atoms with E-state index in [-0.39, 0.29) is 12.0 Å². The lowest BCUT2D eigenvalue weighted by Crippen LogP contribution is -2.33. The maximum absolute atomic E-state index is 12.0. The fraction of sp³-hybridized carbons (Fsp3) is 0.364. The van der Waals surface area contributed by atoms with Crippen molar-refractivity contribution in [2.24, 2.45) is 0 Å². The normalized spacial score (nSPS) is 10.6. The van der Waals surface area contributed by atoms with Crippen molar-refractivity contribution in [3.05, 3.63) is 64.6 Å². The number of carbonyl (C=O) groups excluding carboxylic acids is 2. The van der Waals surface area contributed by atoms with Gasteiger partial charge in [0.15, 0.2) is 0 Å². The molecule has 0 unspecified atom stereocenters. The van der Waals surface area contributed by atoms with Gasteiger partial charge in [0.25, 0.3) is 0 Å². The number of halogens is 1. The highest BCUT2D eigenvalue weighted by Crippen LogP contribution is 2.13. The van der Waals surface area contributed by atoms with Gasteiger partial charge < -0.3 is 15.4 Å². The fourth-order valence-corrected chi connectivity index (χ4v) is 3.14. The summed E-state index contributed by atoms with van der Waals surface area (Å²) in [6.07, 6.45) is 1.98. The van der Waals surface area contributed by atoms with Crippen molar-refractivity contribution in [2.45, 2.75) is 25.8 Å². The number of urea groups is 1. The lowest BCUT2D eigenvalue weighted by atomic mass is 10.2. The van der Waals surface area contributed by atoms with Gasteiger partial charge in [0.2, 0.25) is 0 Å². The van der Waals surface area contributed by atoms with Crippen LogP contribution in [0.4, 0.5) is 10.5 Å². The number of nitrogens with one attached hydrogen (secondary N) is 2. The summed E-state index contributed by atoms with van der Waals surface area (Å²) in [5.41, 5.74) is 1.98. The third kappa shape index (κ3) is 9.58. The third-order valence-corrected chi connectivity index (χ3v) is 4.90. The Hall–Kier alpha value is -2.38. The molecular formula is C22H28BrN3O3. The molecule has 0 aliphatic rings. The van der Waals surface area contributed by atoms with E-state index in [2.05, 4.69) is 43.6 Å². The zero-order chi connectivity index (χ0) is 20.9. The standard InChI is InChI=1S/C22H28BrN3O3/c1-29-21(27)9-5-15-26(17-18-7-3-2-4-8-18)16-6-14-24-22(28)25-20-12-10-19(23)11-13-20/h2-4,7-8,10-13H,5-6,9,14-17H2,1H3,(H2,24,25,28). The molecule has 0 radical (unpaired) electrons. The van der Waals surface area contributed by atoms with E-state index in [0.717, 1.165) is 42.6 Å². The largest absolute Gasteiger partial charge is 0.469 e. The maximum atomic E-state index is 12.0. The average molecular weight is 462 g/mol. The summed E-state index contributed by atoms with van der Waals surface area (Å²) in [5.74, 6) is -0.184. The van der Waals surface area contributed by atoms with Gasteiger partial charge in [0.1, 0.15) is 0 Å². The molecule has 0 saturated heterocycles. The minimum absolute atomic E-state index is 0.184. The zero-order valence-electron chi connectivity index (χ0n) is 16.7. The van der Waals surface area contributed by atoms with E-state index in [1.165, 1.54) is 12.7 Å². The molecule has 6 nitrogen and oxygen atoms in total. The van der Waals surface area contributed by atoms with E-state index >= 15 is 0 Å². The molecular weight excluding hydrogens is 434 g/mol. The minimum atomic E-state index is -0.215. The average Bonchev–Trinajstić information content (AvgIpc) is 2.73. The molecule has 156 valence electrons. The van der Waals surface area contributed by atoms with Crippen LogP contribution in [0.25, 0.3) is 0 Å². The van der Waals surface area contributed by atoms with Crippen molar-refractivity contribution in [1.82, 2.24) is 10.2 Å². The van der Waals surface area contributed by atoms with Gasteiger partial charge in [-0.2, -0.15) is 0 Å².